The fourth-order valence-corrected chi connectivity index (χ4v) is 1.95. The Bertz CT molecular complexity index is 686. The van der Waals surface area contributed by atoms with Gasteiger partial charge in [0.25, 0.3) is 0 Å². The number of aryl methyl sites for hydroxylation is 2. The zero-order valence-corrected chi connectivity index (χ0v) is 9.59. The van der Waals surface area contributed by atoms with Gasteiger partial charge in [-0.15, -0.1) is 0 Å². The van der Waals surface area contributed by atoms with Gasteiger partial charge in [-0.2, -0.15) is 0 Å². The smallest absolute Gasteiger partial charge is 0.140 e. The summed E-state index contributed by atoms with van der Waals surface area (Å²) in [7, 11) is 1.99. The van der Waals surface area contributed by atoms with Crippen LogP contribution < -0.4 is 0 Å². The Morgan fingerprint density at radius 3 is 2.71 bits per heavy atom. The van der Waals surface area contributed by atoms with Crippen LogP contribution in [0, 0.1) is 6.90 Å². The maximum Gasteiger partial charge on any atom is 0.140 e. The molecule has 0 saturated carbocycles. The van der Waals surface area contributed by atoms with Gasteiger partial charge < -0.3 is 4.57 Å². The molecule has 0 atom stereocenters. The van der Waals surface area contributed by atoms with Gasteiger partial charge in [-0.3, -0.25) is 4.98 Å². The van der Waals surface area contributed by atoms with Crippen LogP contribution in [0.15, 0.2) is 42.7 Å². The fourth-order valence-electron chi connectivity index (χ4n) is 1.95. The van der Waals surface area contributed by atoms with Gasteiger partial charge in [-0.1, -0.05) is 29.8 Å². The highest BCUT2D eigenvalue weighted by Crippen LogP contribution is 2.22. The van der Waals surface area contributed by atoms with Crippen molar-refractivity contribution in [3.8, 4) is 11.4 Å². The van der Waals surface area contributed by atoms with E-state index in [-0.39, 0.29) is 0 Å². The third kappa shape index (κ3) is 1.60. The van der Waals surface area contributed by atoms with Crippen LogP contribution in [0.3, 0.4) is 0 Å². The highest BCUT2D eigenvalue weighted by Gasteiger charge is 2.08. The molecule has 0 amide bonds. The summed E-state index contributed by atoms with van der Waals surface area (Å²) in [5.74, 6) is 0.925. The predicted octanol–water partition coefficient (Wildman–Crippen LogP) is 2.94. The Labute approximate surface area is 101 Å². The summed E-state index contributed by atoms with van der Waals surface area (Å²) in [6, 6.07) is 9.88. The van der Waals surface area contributed by atoms with E-state index in [0.29, 0.717) is 6.90 Å². The van der Waals surface area contributed by atoms with Crippen molar-refractivity contribution in [1.29, 1.82) is 0 Å². The quantitative estimate of drug-likeness (QED) is 0.636. The zero-order chi connectivity index (χ0) is 12.5. The summed E-state index contributed by atoms with van der Waals surface area (Å²) in [5.41, 5.74) is 4.05. The molecule has 3 rings (SSSR count). The van der Waals surface area contributed by atoms with Crippen molar-refractivity contribution in [2.24, 2.45) is 7.05 Å². The van der Waals surface area contributed by atoms with Crippen LogP contribution in [0.4, 0.5) is 0 Å². The highest BCUT2D eigenvalue weighted by molar-refractivity contribution is 5.79. The molecule has 17 heavy (non-hydrogen) atoms. The van der Waals surface area contributed by atoms with E-state index in [1.54, 1.807) is 6.20 Å². The number of nitrogens with zero attached hydrogens (tertiary/aromatic N) is 3. The van der Waals surface area contributed by atoms with Crippen molar-refractivity contribution in [3.05, 3.63) is 48.3 Å². The molecule has 1 aromatic carbocycles. The number of hydrogen-bond acceptors (Lipinski definition) is 2. The van der Waals surface area contributed by atoms with Gasteiger partial charge >= 0.3 is 0 Å². The number of rotatable bonds is 1. The number of pyridine rings is 1. The largest absolute Gasteiger partial charge is 0.326 e. The van der Waals surface area contributed by atoms with Crippen molar-refractivity contribution >= 4 is 11.0 Å². The summed E-state index contributed by atoms with van der Waals surface area (Å²) in [4.78, 5) is 8.74. The molecule has 3 nitrogen and oxygen atoms in total. The molecule has 0 aliphatic heterocycles. The van der Waals surface area contributed by atoms with Crippen molar-refractivity contribution in [2.75, 3.05) is 0 Å². The van der Waals surface area contributed by atoms with E-state index < -0.39 is 0 Å². The first-order valence-corrected chi connectivity index (χ1v) is 5.44. The molecule has 0 aliphatic rings. The molecule has 0 spiro atoms. The van der Waals surface area contributed by atoms with Crippen LogP contribution in [0.1, 0.15) is 6.93 Å². The van der Waals surface area contributed by atoms with Crippen LogP contribution in [-0.2, 0) is 7.05 Å². The molecule has 2 aromatic heterocycles. The van der Waals surface area contributed by atoms with Gasteiger partial charge in [0.1, 0.15) is 5.82 Å². The molecule has 0 radical (unpaired) electrons. The molecule has 0 fully saturated rings. The van der Waals surface area contributed by atoms with Gasteiger partial charge in [0.05, 0.1) is 17.2 Å². The van der Waals surface area contributed by atoms with Gasteiger partial charge in [0, 0.05) is 20.2 Å². The van der Waals surface area contributed by atoms with E-state index in [1.807, 2.05) is 48.1 Å². The maximum atomic E-state index is 7.32. The maximum absolute atomic E-state index is 7.32. The van der Waals surface area contributed by atoms with E-state index in [4.69, 9.17) is 1.37 Å². The Hall–Kier alpha value is -2.16. The number of fused-ring (bicyclic) bond motifs is 1. The van der Waals surface area contributed by atoms with Crippen molar-refractivity contribution in [3.63, 3.8) is 0 Å². The lowest BCUT2D eigenvalue weighted by Gasteiger charge is -2.02. The van der Waals surface area contributed by atoms with Crippen molar-refractivity contribution in [1.82, 2.24) is 14.5 Å². The second kappa shape index (κ2) is 3.70. The second-order valence-electron chi connectivity index (χ2n) is 4.06. The molecule has 0 bridgehead atoms. The number of benzene rings is 1. The topological polar surface area (TPSA) is 30.7 Å². The van der Waals surface area contributed by atoms with Crippen LogP contribution in [-0.4, -0.2) is 14.5 Å². The Morgan fingerprint density at radius 2 is 2.00 bits per heavy atom. The summed E-state index contributed by atoms with van der Waals surface area (Å²) in [6.07, 6.45) is 3.58. The first kappa shape index (κ1) is 8.93. The molecule has 0 saturated heterocycles. The molecule has 0 unspecified atom stereocenters. The molecular formula is C14H13N3. The lowest BCUT2D eigenvalue weighted by atomic mass is 10.1. The molecule has 3 heteroatoms. The van der Waals surface area contributed by atoms with E-state index in [2.05, 4.69) is 9.97 Å². The third-order valence-electron chi connectivity index (χ3n) is 2.90. The summed E-state index contributed by atoms with van der Waals surface area (Å²) in [6.45, 7) is 0.312. The number of hydrogen-bond donors (Lipinski definition) is 0. The minimum absolute atomic E-state index is 0.312. The van der Waals surface area contributed by atoms with Gasteiger partial charge in [-0.25, -0.2) is 4.98 Å². The van der Waals surface area contributed by atoms with Crippen LogP contribution in [0.25, 0.3) is 22.4 Å². The Morgan fingerprint density at radius 1 is 1.18 bits per heavy atom. The highest BCUT2D eigenvalue weighted by atomic mass is 15.1. The Kier molecular flexibility index (Phi) is 1.94. The average molecular weight is 224 g/mol. The molecule has 0 N–H and O–H groups in total. The normalized spacial score (nSPS) is 11.7. The Balaban J connectivity index is 2.15. The average Bonchev–Trinajstić information content (AvgIpc) is 2.77. The van der Waals surface area contributed by atoms with Crippen LogP contribution >= 0.6 is 0 Å². The summed E-state index contributed by atoms with van der Waals surface area (Å²) >= 11 is 0. The minimum atomic E-state index is 0.312. The zero-order valence-electron chi connectivity index (χ0n) is 10.6. The number of imidazole rings is 1. The lowest BCUT2D eigenvalue weighted by molar-refractivity contribution is 0.956. The van der Waals surface area contributed by atoms with E-state index >= 15 is 0 Å². The van der Waals surface area contributed by atoms with E-state index in [9.17, 15) is 0 Å². The first-order chi connectivity index (χ1) is 8.79. The monoisotopic (exact) mass is 224 g/mol. The van der Waals surface area contributed by atoms with Crippen molar-refractivity contribution in [2.45, 2.75) is 6.90 Å². The fraction of sp³-hybridized carbons (Fsp3) is 0.143. The molecular weight excluding hydrogens is 210 g/mol. The van der Waals surface area contributed by atoms with Crippen molar-refractivity contribution < 1.29 is 1.37 Å². The SMILES string of the molecule is [2H]Cc1ccc(-c2nc3ccncc3n2C)cc1. The first-order valence-electron chi connectivity index (χ1n) is 6.15. The minimum Gasteiger partial charge on any atom is -0.326 e. The summed E-state index contributed by atoms with van der Waals surface area (Å²) < 4.78 is 9.36. The number of aromatic nitrogens is 3. The molecule has 3 aromatic rings. The second-order valence-corrected chi connectivity index (χ2v) is 4.06. The van der Waals surface area contributed by atoms with Crippen LogP contribution in [0.2, 0.25) is 0 Å². The van der Waals surface area contributed by atoms with Gasteiger partial charge in [-0.05, 0) is 13.0 Å². The predicted molar refractivity (Wildman–Crippen MR) is 68.7 cm³/mol. The lowest BCUT2D eigenvalue weighted by Crippen LogP contribution is -1.92. The third-order valence-corrected chi connectivity index (χ3v) is 2.90. The van der Waals surface area contributed by atoms with Gasteiger partial charge in [0.15, 0.2) is 0 Å². The van der Waals surface area contributed by atoms with Gasteiger partial charge in [0.2, 0.25) is 0 Å². The molecule has 2 heterocycles. The summed E-state index contributed by atoms with van der Waals surface area (Å²) in [5, 5.41) is 0. The van der Waals surface area contributed by atoms with Crippen LogP contribution in [0.5, 0.6) is 0 Å². The van der Waals surface area contributed by atoms with E-state index in [0.717, 1.165) is 28.0 Å². The molecule has 0 aliphatic carbocycles. The van der Waals surface area contributed by atoms with E-state index in [1.165, 1.54) is 0 Å². The standard InChI is InChI=1S/C14H13N3/c1-10-3-5-11(6-4-10)14-16-12-7-8-15-9-13(12)17(14)2/h3-9H,1-2H3/i1D. The molecule has 84 valence electrons.